The second kappa shape index (κ2) is 5.52. The molecule has 0 aliphatic rings. The van der Waals surface area contributed by atoms with Crippen LogP contribution < -0.4 is 5.32 Å². The van der Waals surface area contributed by atoms with Crippen molar-refractivity contribution in [2.45, 2.75) is 13.5 Å². The molecule has 4 aromatic rings. The van der Waals surface area contributed by atoms with Crippen molar-refractivity contribution in [3.8, 4) is 0 Å². The van der Waals surface area contributed by atoms with E-state index in [9.17, 15) is 4.79 Å². The summed E-state index contributed by atoms with van der Waals surface area (Å²) in [6, 6.07) is 15.9. The summed E-state index contributed by atoms with van der Waals surface area (Å²) >= 11 is 1.42. The second-order valence-electron chi connectivity index (χ2n) is 5.51. The molecule has 0 fully saturated rings. The van der Waals surface area contributed by atoms with Crippen molar-refractivity contribution in [2.24, 2.45) is 0 Å². The summed E-state index contributed by atoms with van der Waals surface area (Å²) in [5, 5.41) is 5.24. The number of para-hydroxylation sites is 2. The predicted molar refractivity (Wildman–Crippen MR) is 94.9 cm³/mol. The molecule has 5 heteroatoms. The minimum Gasteiger partial charge on any atom is -0.324 e. The number of carbonyl (C=O) groups excluding carboxylic acids is 1. The highest BCUT2D eigenvalue weighted by Crippen LogP contribution is 2.31. The van der Waals surface area contributed by atoms with Gasteiger partial charge in [-0.2, -0.15) is 4.37 Å². The molecular weight excluding hydrogens is 306 g/mol. The summed E-state index contributed by atoms with van der Waals surface area (Å²) in [6.07, 6.45) is 1.87. The van der Waals surface area contributed by atoms with Gasteiger partial charge >= 0.3 is 0 Å². The number of nitrogens with zero attached hydrogens (tertiary/aromatic N) is 2. The van der Waals surface area contributed by atoms with E-state index in [0.29, 0.717) is 0 Å². The average molecular weight is 321 g/mol. The molecule has 0 aliphatic carbocycles. The Morgan fingerprint density at radius 2 is 1.91 bits per heavy atom. The Labute approximate surface area is 137 Å². The maximum atomic E-state index is 12.5. The average Bonchev–Trinajstić information content (AvgIpc) is 3.13. The second-order valence-corrected chi connectivity index (χ2v) is 6.29. The summed E-state index contributed by atoms with van der Waals surface area (Å²) in [7, 11) is 0. The quantitative estimate of drug-likeness (QED) is 0.615. The summed E-state index contributed by atoms with van der Waals surface area (Å²) in [5.74, 6) is -0.0321. The third-order valence-electron chi connectivity index (χ3n) is 4.00. The van der Waals surface area contributed by atoms with Gasteiger partial charge in [0.05, 0.1) is 11.7 Å². The number of nitrogens with one attached hydrogen (secondary N) is 1. The van der Waals surface area contributed by atoms with Crippen molar-refractivity contribution >= 4 is 44.2 Å². The number of amides is 1. The lowest BCUT2D eigenvalue weighted by atomic mass is 10.2. The van der Waals surface area contributed by atoms with Crippen LogP contribution in [0, 0.1) is 6.92 Å². The van der Waals surface area contributed by atoms with Crippen molar-refractivity contribution < 1.29 is 4.79 Å². The largest absolute Gasteiger partial charge is 0.324 e. The molecule has 1 N–H and O–H groups in total. The number of benzene rings is 2. The molecule has 0 aliphatic heterocycles. The van der Waals surface area contributed by atoms with Gasteiger partial charge in [-0.3, -0.25) is 4.79 Å². The number of rotatable bonds is 3. The van der Waals surface area contributed by atoms with Crippen LogP contribution >= 0.6 is 11.5 Å². The van der Waals surface area contributed by atoms with E-state index in [1.165, 1.54) is 11.5 Å². The highest BCUT2D eigenvalue weighted by atomic mass is 32.1. The number of hydrogen-bond acceptors (Lipinski definition) is 3. The van der Waals surface area contributed by atoms with Crippen molar-refractivity contribution in [1.82, 2.24) is 8.94 Å². The summed E-state index contributed by atoms with van der Waals surface area (Å²) in [4.78, 5) is 13.5. The first kappa shape index (κ1) is 14.0. The molecule has 4 nitrogen and oxygen atoms in total. The van der Waals surface area contributed by atoms with Gasteiger partial charge in [-0.1, -0.05) is 36.4 Å². The summed E-state index contributed by atoms with van der Waals surface area (Å²) in [5.41, 5.74) is 2.98. The Kier molecular flexibility index (Phi) is 3.35. The summed E-state index contributed by atoms with van der Waals surface area (Å²) in [6.45, 7) is 2.27. The maximum absolute atomic E-state index is 12.5. The zero-order valence-corrected chi connectivity index (χ0v) is 13.4. The molecule has 0 spiro atoms. The van der Waals surface area contributed by atoms with Crippen LogP contribution in [0.3, 0.4) is 0 Å². The van der Waals surface area contributed by atoms with Crippen LogP contribution in [0.25, 0.3) is 21.1 Å². The van der Waals surface area contributed by atoms with Gasteiger partial charge in [0.1, 0.15) is 11.4 Å². The minimum absolute atomic E-state index is 0.0321. The molecule has 2 aromatic carbocycles. The fourth-order valence-electron chi connectivity index (χ4n) is 2.86. The minimum atomic E-state index is -0.0321. The van der Waals surface area contributed by atoms with E-state index in [1.807, 2.05) is 60.2 Å². The first-order valence-corrected chi connectivity index (χ1v) is 8.18. The van der Waals surface area contributed by atoms with Gasteiger partial charge in [0.15, 0.2) is 0 Å². The van der Waals surface area contributed by atoms with E-state index in [4.69, 9.17) is 0 Å². The monoisotopic (exact) mass is 321 g/mol. The molecule has 23 heavy (non-hydrogen) atoms. The van der Waals surface area contributed by atoms with E-state index in [0.717, 1.165) is 32.4 Å². The number of carbonyl (C=O) groups is 1. The van der Waals surface area contributed by atoms with Gasteiger partial charge in [-0.25, -0.2) is 0 Å². The van der Waals surface area contributed by atoms with Gasteiger partial charge in [0.25, 0.3) is 0 Å². The van der Waals surface area contributed by atoms with Crippen molar-refractivity contribution in [3.63, 3.8) is 0 Å². The van der Waals surface area contributed by atoms with E-state index in [1.54, 1.807) is 0 Å². The van der Waals surface area contributed by atoms with Crippen LogP contribution in [-0.2, 0) is 11.3 Å². The van der Waals surface area contributed by atoms with Crippen molar-refractivity contribution in [1.29, 1.82) is 0 Å². The van der Waals surface area contributed by atoms with Gasteiger partial charge in [0.2, 0.25) is 5.91 Å². The number of aryl methyl sites for hydroxylation is 1. The molecule has 0 atom stereocenters. The van der Waals surface area contributed by atoms with Gasteiger partial charge < -0.3 is 9.88 Å². The fraction of sp³-hybridized carbons (Fsp3) is 0.111. The normalized spacial score (nSPS) is 11.2. The van der Waals surface area contributed by atoms with Crippen LogP contribution in [-0.4, -0.2) is 14.8 Å². The number of hydrogen-bond donors (Lipinski definition) is 1. The standard InChI is InChI=1S/C18H15N3OS/c1-12-6-2-4-8-15(12)20-17(22)11-21-16-9-5-3-7-13(16)14-10-19-23-18(14)21/h2-10H,11H2,1H3,(H,20,22). The molecule has 114 valence electrons. The molecule has 1 amide bonds. The fourth-order valence-corrected chi connectivity index (χ4v) is 3.64. The molecule has 0 radical (unpaired) electrons. The summed E-state index contributed by atoms with van der Waals surface area (Å²) < 4.78 is 6.30. The van der Waals surface area contributed by atoms with Crippen molar-refractivity contribution in [2.75, 3.05) is 5.32 Å². The van der Waals surface area contributed by atoms with E-state index < -0.39 is 0 Å². The maximum Gasteiger partial charge on any atom is 0.244 e. The molecule has 0 saturated heterocycles. The Hall–Kier alpha value is -2.66. The molecule has 0 saturated carbocycles. The lowest BCUT2D eigenvalue weighted by Gasteiger charge is -2.10. The van der Waals surface area contributed by atoms with Gasteiger partial charge in [0, 0.05) is 16.5 Å². The predicted octanol–water partition coefficient (Wildman–Crippen LogP) is 4.20. The Morgan fingerprint density at radius 3 is 2.78 bits per heavy atom. The van der Waals surface area contributed by atoms with E-state index in [2.05, 4.69) is 15.8 Å². The van der Waals surface area contributed by atoms with Crippen LogP contribution in [0.15, 0.2) is 54.7 Å². The topological polar surface area (TPSA) is 46.9 Å². The SMILES string of the molecule is Cc1ccccc1NC(=O)Cn1c2ccccc2c2cnsc21. The van der Waals surface area contributed by atoms with Gasteiger partial charge in [-0.05, 0) is 36.2 Å². The highest BCUT2D eigenvalue weighted by molar-refractivity contribution is 7.13. The van der Waals surface area contributed by atoms with Crippen LogP contribution in [0.1, 0.15) is 5.56 Å². The first-order chi connectivity index (χ1) is 11.2. The molecule has 2 aromatic heterocycles. The smallest absolute Gasteiger partial charge is 0.244 e. The highest BCUT2D eigenvalue weighted by Gasteiger charge is 2.15. The Morgan fingerprint density at radius 1 is 1.13 bits per heavy atom. The molecule has 0 bridgehead atoms. The Bertz CT molecular complexity index is 1020. The number of fused-ring (bicyclic) bond motifs is 3. The third-order valence-corrected chi connectivity index (χ3v) is 4.83. The van der Waals surface area contributed by atoms with Crippen molar-refractivity contribution in [3.05, 3.63) is 60.3 Å². The lowest BCUT2D eigenvalue weighted by Crippen LogP contribution is -2.18. The third kappa shape index (κ3) is 2.39. The zero-order valence-electron chi connectivity index (χ0n) is 12.6. The van der Waals surface area contributed by atoms with E-state index >= 15 is 0 Å². The number of anilines is 1. The van der Waals surface area contributed by atoms with Crippen LogP contribution in [0.2, 0.25) is 0 Å². The van der Waals surface area contributed by atoms with Crippen LogP contribution in [0.5, 0.6) is 0 Å². The number of aromatic nitrogens is 2. The Balaban J connectivity index is 1.70. The first-order valence-electron chi connectivity index (χ1n) is 7.41. The zero-order chi connectivity index (χ0) is 15.8. The van der Waals surface area contributed by atoms with Gasteiger partial charge in [-0.15, -0.1) is 0 Å². The molecular formula is C18H15N3OS. The molecule has 2 heterocycles. The molecule has 4 rings (SSSR count). The van der Waals surface area contributed by atoms with Crippen LogP contribution in [0.4, 0.5) is 5.69 Å². The van der Waals surface area contributed by atoms with E-state index in [-0.39, 0.29) is 12.5 Å². The molecule has 0 unspecified atom stereocenters. The lowest BCUT2D eigenvalue weighted by molar-refractivity contribution is -0.116.